The van der Waals surface area contributed by atoms with Gasteiger partial charge in [0.1, 0.15) is 5.76 Å². The summed E-state index contributed by atoms with van der Waals surface area (Å²) in [7, 11) is 0. The topological polar surface area (TPSA) is 68.3 Å². The van der Waals surface area contributed by atoms with Crippen LogP contribution in [0.2, 0.25) is 0 Å². The Balaban J connectivity index is 1.94. The summed E-state index contributed by atoms with van der Waals surface area (Å²) in [6.45, 7) is 3.84. The second kappa shape index (κ2) is 6.28. The van der Waals surface area contributed by atoms with Crippen molar-refractivity contribution in [1.82, 2.24) is 5.32 Å². The van der Waals surface area contributed by atoms with E-state index >= 15 is 0 Å². The molecule has 2 atom stereocenters. The normalized spacial score (nSPS) is 13.7. The molecule has 2 unspecified atom stereocenters. The number of anilines is 1. The summed E-state index contributed by atoms with van der Waals surface area (Å²) in [5, 5.41) is 3.00. The van der Waals surface area contributed by atoms with E-state index in [-0.39, 0.29) is 17.9 Å². The van der Waals surface area contributed by atoms with E-state index in [4.69, 9.17) is 10.2 Å². The fraction of sp³-hybridized carbons (Fsp3) is 0.312. The van der Waals surface area contributed by atoms with Crippen molar-refractivity contribution in [3.05, 3.63) is 54.0 Å². The van der Waals surface area contributed by atoms with Gasteiger partial charge in [-0.25, -0.2) is 0 Å². The molecule has 1 heterocycles. The van der Waals surface area contributed by atoms with Gasteiger partial charge >= 0.3 is 0 Å². The maximum Gasteiger partial charge on any atom is 0.227 e. The predicted molar refractivity (Wildman–Crippen MR) is 79.3 cm³/mol. The first-order chi connectivity index (χ1) is 9.56. The number of nitrogen functional groups attached to an aromatic ring is 1. The largest absolute Gasteiger partial charge is 0.469 e. The van der Waals surface area contributed by atoms with E-state index in [1.165, 1.54) is 0 Å². The highest BCUT2D eigenvalue weighted by Gasteiger charge is 2.17. The number of hydrogen-bond donors (Lipinski definition) is 2. The maximum absolute atomic E-state index is 12.2. The summed E-state index contributed by atoms with van der Waals surface area (Å²) in [5.74, 6) is 0.640. The van der Waals surface area contributed by atoms with Gasteiger partial charge in [-0.3, -0.25) is 4.79 Å². The molecule has 0 saturated heterocycles. The van der Waals surface area contributed by atoms with Crippen molar-refractivity contribution in [2.45, 2.75) is 32.2 Å². The molecule has 0 saturated carbocycles. The zero-order valence-electron chi connectivity index (χ0n) is 11.8. The van der Waals surface area contributed by atoms with Crippen molar-refractivity contribution in [2.24, 2.45) is 0 Å². The van der Waals surface area contributed by atoms with Gasteiger partial charge in [-0.05, 0) is 43.7 Å². The quantitative estimate of drug-likeness (QED) is 0.822. The van der Waals surface area contributed by atoms with Gasteiger partial charge in [-0.2, -0.15) is 0 Å². The van der Waals surface area contributed by atoms with E-state index in [2.05, 4.69) is 5.32 Å². The van der Waals surface area contributed by atoms with Gasteiger partial charge < -0.3 is 15.5 Å². The van der Waals surface area contributed by atoms with Crippen LogP contribution in [0, 0.1) is 0 Å². The summed E-state index contributed by atoms with van der Waals surface area (Å²) in [4.78, 5) is 12.2. The molecule has 0 aliphatic carbocycles. The lowest BCUT2D eigenvalue weighted by atomic mass is 9.99. The fourth-order valence-electron chi connectivity index (χ4n) is 2.13. The van der Waals surface area contributed by atoms with Crippen LogP contribution in [0.4, 0.5) is 5.69 Å². The second-order valence-corrected chi connectivity index (χ2v) is 5.08. The summed E-state index contributed by atoms with van der Waals surface area (Å²) in [5.41, 5.74) is 7.34. The highest BCUT2D eigenvalue weighted by atomic mass is 16.3. The summed E-state index contributed by atoms with van der Waals surface area (Å²) < 4.78 is 5.28. The van der Waals surface area contributed by atoms with Gasteiger partial charge in [0.05, 0.1) is 12.2 Å². The summed E-state index contributed by atoms with van der Waals surface area (Å²) in [6, 6.07) is 11.2. The Hall–Kier alpha value is -2.23. The Bertz CT molecular complexity index is 564. The van der Waals surface area contributed by atoms with E-state index in [9.17, 15) is 4.79 Å². The minimum absolute atomic E-state index is 0.00495. The molecule has 4 nitrogen and oxygen atoms in total. The van der Waals surface area contributed by atoms with Gasteiger partial charge in [0, 0.05) is 18.2 Å². The number of nitrogens with two attached hydrogens (primary N) is 1. The third-order valence-electron chi connectivity index (χ3n) is 3.28. The number of nitrogens with one attached hydrogen (secondary N) is 1. The molecule has 0 aliphatic heterocycles. The second-order valence-electron chi connectivity index (χ2n) is 5.08. The number of carbonyl (C=O) groups is 1. The van der Waals surface area contributed by atoms with Crippen LogP contribution in [0.5, 0.6) is 0 Å². The molecule has 2 rings (SSSR count). The predicted octanol–water partition coefficient (Wildman–Crippen LogP) is 2.71. The van der Waals surface area contributed by atoms with Gasteiger partial charge in [0.25, 0.3) is 0 Å². The van der Waals surface area contributed by atoms with Crippen LogP contribution in [-0.4, -0.2) is 11.9 Å². The minimum atomic E-state index is -0.224. The van der Waals surface area contributed by atoms with E-state index < -0.39 is 0 Å². The first-order valence-electron chi connectivity index (χ1n) is 6.74. The first kappa shape index (κ1) is 14.2. The molecule has 20 heavy (non-hydrogen) atoms. The third-order valence-corrected chi connectivity index (χ3v) is 3.28. The summed E-state index contributed by atoms with van der Waals surface area (Å²) in [6.07, 6.45) is 2.32. The average Bonchev–Trinajstić information content (AvgIpc) is 2.90. The van der Waals surface area contributed by atoms with Crippen molar-refractivity contribution in [3.8, 4) is 0 Å². The number of amides is 1. The Morgan fingerprint density at radius 2 is 2.10 bits per heavy atom. The molecular formula is C16H20N2O2. The van der Waals surface area contributed by atoms with E-state index in [1.54, 1.807) is 6.26 Å². The van der Waals surface area contributed by atoms with Crippen LogP contribution in [0.25, 0.3) is 0 Å². The molecule has 4 heteroatoms. The Morgan fingerprint density at radius 3 is 2.75 bits per heavy atom. The lowest BCUT2D eigenvalue weighted by Gasteiger charge is -2.17. The van der Waals surface area contributed by atoms with Crippen molar-refractivity contribution < 1.29 is 9.21 Å². The van der Waals surface area contributed by atoms with Gasteiger partial charge in [-0.1, -0.05) is 12.1 Å². The molecule has 2 aromatic rings. The Kier molecular flexibility index (Phi) is 4.45. The Labute approximate surface area is 119 Å². The number of carbonyl (C=O) groups excluding carboxylic acids is 1. The molecule has 0 spiro atoms. The third kappa shape index (κ3) is 3.63. The van der Waals surface area contributed by atoms with Crippen molar-refractivity contribution in [2.75, 3.05) is 5.73 Å². The molecule has 0 fully saturated rings. The number of rotatable bonds is 5. The van der Waals surface area contributed by atoms with Gasteiger partial charge in [0.2, 0.25) is 5.91 Å². The van der Waals surface area contributed by atoms with Crippen molar-refractivity contribution in [1.29, 1.82) is 0 Å². The molecule has 0 aliphatic rings. The van der Waals surface area contributed by atoms with Gasteiger partial charge in [-0.15, -0.1) is 0 Å². The zero-order chi connectivity index (χ0) is 14.5. The molecule has 106 valence electrons. The number of furan rings is 1. The molecule has 1 aromatic heterocycles. The highest BCUT2D eigenvalue weighted by molar-refractivity contribution is 5.83. The van der Waals surface area contributed by atoms with Gasteiger partial charge in [0.15, 0.2) is 0 Å². The molecular weight excluding hydrogens is 252 g/mol. The van der Waals surface area contributed by atoms with E-state index in [0.29, 0.717) is 12.1 Å². The van der Waals surface area contributed by atoms with Crippen LogP contribution in [0.3, 0.4) is 0 Å². The van der Waals surface area contributed by atoms with Crippen LogP contribution in [0.1, 0.15) is 31.1 Å². The van der Waals surface area contributed by atoms with Crippen LogP contribution in [0.15, 0.2) is 47.1 Å². The minimum Gasteiger partial charge on any atom is -0.469 e. The smallest absolute Gasteiger partial charge is 0.227 e. The average molecular weight is 272 g/mol. The fourth-order valence-corrected chi connectivity index (χ4v) is 2.13. The first-order valence-corrected chi connectivity index (χ1v) is 6.74. The van der Waals surface area contributed by atoms with Crippen molar-refractivity contribution in [3.63, 3.8) is 0 Å². The number of hydrogen-bond acceptors (Lipinski definition) is 3. The lowest BCUT2D eigenvalue weighted by Crippen LogP contribution is -2.36. The van der Waals surface area contributed by atoms with Crippen LogP contribution < -0.4 is 11.1 Å². The van der Waals surface area contributed by atoms with E-state index in [1.807, 2.05) is 50.2 Å². The highest BCUT2D eigenvalue weighted by Crippen LogP contribution is 2.18. The zero-order valence-corrected chi connectivity index (χ0v) is 11.8. The molecule has 3 N–H and O–H groups in total. The maximum atomic E-state index is 12.2. The standard InChI is InChI=1S/C16H20N2O2/c1-11(9-15-7-4-8-20-15)18-16(19)12(2)13-5-3-6-14(17)10-13/h3-8,10-12H,9,17H2,1-2H3,(H,18,19). The molecule has 0 bridgehead atoms. The monoisotopic (exact) mass is 272 g/mol. The van der Waals surface area contributed by atoms with Crippen molar-refractivity contribution >= 4 is 11.6 Å². The number of benzene rings is 1. The van der Waals surface area contributed by atoms with Crippen LogP contribution in [-0.2, 0) is 11.2 Å². The van der Waals surface area contributed by atoms with Crippen LogP contribution >= 0.6 is 0 Å². The Morgan fingerprint density at radius 1 is 1.30 bits per heavy atom. The van der Waals surface area contributed by atoms with E-state index in [0.717, 1.165) is 11.3 Å². The summed E-state index contributed by atoms with van der Waals surface area (Å²) >= 11 is 0. The molecule has 1 amide bonds. The molecule has 0 radical (unpaired) electrons. The lowest BCUT2D eigenvalue weighted by molar-refractivity contribution is -0.122. The SMILES string of the molecule is CC(Cc1ccco1)NC(=O)C(C)c1cccc(N)c1. The molecule has 1 aromatic carbocycles.